The molecule has 1 unspecified atom stereocenters. The first-order valence-corrected chi connectivity index (χ1v) is 9.44. The van der Waals surface area contributed by atoms with Crippen molar-refractivity contribution in [3.63, 3.8) is 0 Å². The second-order valence-electron chi connectivity index (χ2n) is 6.83. The summed E-state index contributed by atoms with van der Waals surface area (Å²) in [7, 11) is 0. The Kier molecular flexibility index (Phi) is 6.39. The molecule has 0 aliphatic carbocycles. The lowest BCUT2D eigenvalue weighted by Crippen LogP contribution is -2.29. The molecule has 7 nitrogen and oxygen atoms in total. The van der Waals surface area contributed by atoms with Gasteiger partial charge in [-0.05, 0) is 61.7 Å². The van der Waals surface area contributed by atoms with Gasteiger partial charge < -0.3 is 15.0 Å². The van der Waals surface area contributed by atoms with Gasteiger partial charge in [0.1, 0.15) is 0 Å². The van der Waals surface area contributed by atoms with Crippen LogP contribution in [0.2, 0.25) is 0 Å². The minimum absolute atomic E-state index is 0.0754. The molecule has 2 aromatic rings. The summed E-state index contributed by atoms with van der Waals surface area (Å²) in [6.45, 7) is 4.09. The Hall–Kier alpha value is -3.48. The van der Waals surface area contributed by atoms with Crippen LogP contribution in [0.1, 0.15) is 30.9 Å². The quantitative estimate of drug-likeness (QED) is 0.602. The van der Waals surface area contributed by atoms with Gasteiger partial charge >= 0.3 is 5.97 Å². The van der Waals surface area contributed by atoms with Crippen LogP contribution in [0.4, 0.5) is 11.4 Å². The first kappa shape index (κ1) is 20.3. The number of nitrogens with zero attached hydrogens (tertiary/aromatic N) is 2. The van der Waals surface area contributed by atoms with Crippen molar-refractivity contribution < 1.29 is 19.1 Å². The molecule has 0 radical (unpaired) electrons. The van der Waals surface area contributed by atoms with Crippen LogP contribution in [0.25, 0.3) is 6.08 Å². The fraction of sp³-hybridized carbons (Fsp3) is 0.273. The number of aryl methyl sites for hydroxylation is 1. The Morgan fingerprint density at radius 1 is 1.31 bits per heavy atom. The molecule has 2 amide bonds. The minimum atomic E-state index is -0.973. The highest BCUT2D eigenvalue weighted by molar-refractivity contribution is 5.99. The van der Waals surface area contributed by atoms with Gasteiger partial charge in [0.2, 0.25) is 5.91 Å². The second kappa shape index (κ2) is 9.14. The Bertz CT molecular complexity index is 955. The second-order valence-corrected chi connectivity index (χ2v) is 6.83. The van der Waals surface area contributed by atoms with Gasteiger partial charge in [-0.15, -0.1) is 0 Å². The lowest BCUT2D eigenvalue weighted by Gasteiger charge is -2.17. The highest BCUT2D eigenvalue weighted by atomic mass is 16.5. The fourth-order valence-electron chi connectivity index (χ4n) is 2.99. The molecule has 1 saturated heterocycles. The van der Waals surface area contributed by atoms with Crippen LogP contribution in [-0.2, 0) is 19.1 Å². The first-order chi connectivity index (χ1) is 13.9. The van der Waals surface area contributed by atoms with E-state index in [1.165, 1.54) is 13.0 Å². The zero-order chi connectivity index (χ0) is 20.8. The predicted molar refractivity (Wildman–Crippen MR) is 110 cm³/mol. The summed E-state index contributed by atoms with van der Waals surface area (Å²) < 4.78 is 5.17. The monoisotopic (exact) mass is 393 g/mol. The van der Waals surface area contributed by atoms with Crippen LogP contribution < -0.4 is 10.2 Å². The summed E-state index contributed by atoms with van der Waals surface area (Å²) in [5.41, 5.74) is 3.06. The number of hydrogen-bond acceptors (Lipinski definition) is 5. The lowest BCUT2D eigenvalue weighted by molar-refractivity contribution is -0.148. The standard InChI is InChI=1S/C22H23N3O4/c1-15-10-11-23-14-17(15)8-9-21(27)29-16(2)22(28)24-18-5-3-6-19(13-18)25-12-4-7-20(25)26/h3,5-6,8-11,13-14,16H,4,7,12H2,1-2H3,(H,24,28)/b9-8+. The summed E-state index contributed by atoms with van der Waals surface area (Å²) in [6.07, 6.45) is 6.59. The van der Waals surface area contributed by atoms with E-state index in [0.29, 0.717) is 18.7 Å². The van der Waals surface area contributed by atoms with Crippen molar-refractivity contribution in [1.29, 1.82) is 0 Å². The van der Waals surface area contributed by atoms with Gasteiger partial charge in [0.25, 0.3) is 5.91 Å². The number of carbonyl (C=O) groups excluding carboxylic acids is 3. The van der Waals surface area contributed by atoms with Crippen LogP contribution >= 0.6 is 0 Å². The summed E-state index contributed by atoms with van der Waals surface area (Å²) >= 11 is 0. The SMILES string of the molecule is Cc1ccncc1/C=C/C(=O)OC(C)C(=O)Nc1cccc(N2CCCC2=O)c1. The van der Waals surface area contributed by atoms with Crippen LogP contribution in [-0.4, -0.2) is 35.4 Å². The van der Waals surface area contributed by atoms with Crippen molar-refractivity contribution in [3.8, 4) is 0 Å². The maximum atomic E-state index is 12.4. The minimum Gasteiger partial charge on any atom is -0.449 e. The number of rotatable bonds is 6. The summed E-state index contributed by atoms with van der Waals surface area (Å²) in [6, 6.07) is 8.90. The van der Waals surface area contributed by atoms with Gasteiger partial charge in [-0.2, -0.15) is 0 Å². The van der Waals surface area contributed by atoms with E-state index >= 15 is 0 Å². The molecule has 1 aliphatic rings. The average molecular weight is 393 g/mol. The molecule has 1 aromatic carbocycles. The van der Waals surface area contributed by atoms with Crippen molar-refractivity contribution in [3.05, 3.63) is 59.9 Å². The maximum absolute atomic E-state index is 12.4. The van der Waals surface area contributed by atoms with Gasteiger partial charge in [0.15, 0.2) is 6.10 Å². The molecule has 1 N–H and O–H groups in total. The largest absolute Gasteiger partial charge is 0.449 e. The predicted octanol–water partition coefficient (Wildman–Crippen LogP) is 3.10. The zero-order valence-electron chi connectivity index (χ0n) is 16.4. The zero-order valence-corrected chi connectivity index (χ0v) is 16.4. The molecule has 7 heteroatoms. The number of nitrogens with one attached hydrogen (secondary N) is 1. The Balaban J connectivity index is 1.57. The van der Waals surface area contributed by atoms with Gasteiger partial charge in [0.05, 0.1) is 0 Å². The molecule has 1 fully saturated rings. The van der Waals surface area contributed by atoms with E-state index < -0.39 is 18.0 Å². The van der Waals surface area contributed by atoms with Crippen LogP contribution in [0.5, 0.6) is 0 Å². The van der Waals surface area contributed by atoms with E-state index in [0.717, 1.165) is 23.2 Å². The third kappa shape index (κ3) is 5.28. The number of amides is 2. The van der Waals surface area contributed by atoms with Crippen LogP contribution in [0.15, 0.2) is 48.8 Å². The summed E-state index contributed by atoms with van der Waals surface area (Å²) in [4.78, 5) is 42.0. The molecule has 1 aliphatic heterocycles. The fourth-order valence-corrected chi connectivity index (χ4v) is 2.99. The highest BCUT2D eigenvalue weighted by Crippen LogP contribution is 2.24. The third-order valence-electron chi connectivity index (χ3n) is 4.64. The molecular weight excluding hydrogens is 370 g/mol. The molecule has 3 rings (SSSR count). The molecule has 150 valence electrons. The molecule has 0 saturated carbocycles. The van der Waals surface area contributed by atoms with Crippen LogP contribution in [0, 0.1) is 6.92 Å². The van der Waals surface area contributed by atoms with E-state index in [1.807, 2.05) is 19.1 Å². The lowest BCUT2D eigenvalue weighted by atomic mass is 10.1. The van der Waals surface area contributed by atoms with Crippen molar-refractivity contribution in [2.24, 2.45) is 0 Å². The number of benzene rings is 1. The Morgan fingerprint density at radius 2 is 2.14 bits per heavy atom. The Morgan fingerprint density at radius 3 is 2.86 bits per heavy atom. The van der Waals surface area contributed by atoms with E-state index in [1.54, 1.807) is 41.6 Å². The number of esters is 1. The van der Waals surface area contributed by atoms with Gasteiger partial charge in [-0.25, -0.2) is 4.79 Å². The molecule has 1 aromatic heterocycles. The summed E-state index contributed by atoms with van der Waals surface area (Å²) in [5.74, 6) is -0.993. The van der Waals surface area contributed by atoms with Gasteiger partial charge in [0, 0.05) is 42.8 Å². The average Bonchev–Trinajstić information content (AvgIpc) is 3.13. The third-order valence-corrected chi connectivity index (χ3v) is 4.64. The normalized spacial score (nSPS) is 14.8. The van der Waals surface area contributed by atoms with Crippen molar-refractivity contribution in [2.45, 2.75) is 32.8 Å². The maximum Gasteiger partial charge on any atom is 0.331 e. The van der Waals surface area contributed by atoms with Crippen molar-refractivity contribution in [2.75, 3.05) is 16.8 Å². The van der Waals surface area contributed by atoms with E-state index in [2.05, 4.69) is 10.3 Å². The van der Waals surface area contributed by atoms with Crippen molar-refractivity contribution in [1.82, 2.24) is 4.98 Å². The Labute approximate surface area is 169 Å². The number of aromatic nitrogens is 1. The van der Waals surface area contributed by atoms with Gasteiger partial charge in [-0.3, -0.25) is 14.6 Å². The van der Waals surface area contributed by atoms with E-state index in [-0.39, 0.29) is 5.91 Å². The molecule has 2 heterocycles. The van der Waals surface area contributed by atoms with Gasteiger partial charge in [-0.1, -0.05) is 6.07 Å². The molecule has 29 heavy (non-hydrogen) atoms. The number of carbonyl (C=O) groups is 3. The number of hydrogen-bond donors (Lipinski definition) is 1. The molecular formula is C22H23N3O4. The number of anilines is 2. The van der Waals surface area contributed by atoms with Crippen molar-refractivity contribution >= 4 is 35.2 Å². The molecule has 0 spiro atoms. The smallest absolute Gasteiger partial charge is 0.331 e. The summed E-state index contributed by atoms with van der Waals surface area (Å²) in [5, 5.41) is 2.72. The topological polar surface area (TPSA) is 88.6 Å². The molecule has 1 atom stereocenters. The molecule has 0 bridgehead atoms. The van der Waals surface area contributed by atoms with E-state index in [9.17, 15) is 14.4 Å². The highest BCUT2D eigenvalue weighted by Gasteiger charge is 2.22. The first-order valence-electron chi connectivity index (χ1n) is 9.44. The van der Waals surface area contributed by atoms with Crippen LogP contribution in [0.3, 0.4) is 0 Å². The number of ether oxygens (including phenoxy) is 1. The van der Waals surface area contributed by atoms with E-state index in [4.69, 9.17) is 4.74 Å². The number of pyridine rings is 1.